The standard InChI is InChI=1S/C29H29N3O.C27H25N3.CO2.CH3.BrH.Mg/c1-28(2)22-12-6-8-14-25(22)32(27-15-9-10-18-30-27)26-19-20(16-17-23(26)28)31-24-13-7-5-11-21(24)29(3,4)33;1-19-10-4-6-12-23(19)29-20-15-16-22-25(18-20)30(26-14-8-9-17-28-26)24-13-7-5-11-21(24)27(22,2)3;2-1-3;;;/h5-19,31,33H,1-4H3;4-18,29H,1-3H3;;1H3;1H;/q;;;-1;;+2/p-1. The van der Waals surface area contributed by atoms with Crippen LogP contribution in [0.15, 0.2) is 182 Å². The molecule has 0 bridgehead atoms. The zero-order chi connectivity index (χ0) is 46.6. The Hall–Kier alpha value is -6.59. The summed E-state index contributed by atoms with van der Waals surface area (Å²) in [5.41, 5.74) is 14.6. The topological polar surface area (TPSA) is 111 Å². The van der Waals surface area contributed by atoms with Crippen LogP contribution in [0, 0.1) is 14.4 Å². The molecule has 69 heavy (non-hydrogen) atoms. The fourth-order valence-corrected chi connectivity index (χ4v) is 9.21. The van der Waals surface area contributed by atoms with Gasteiger partial charge in [0.05, 0.1) is 28.4 Å². The first-order valence-corrected chi connectivity index (χ1v) is 22.0. The average Bonchev–Trinajstić information content (AvgIpc) is 3.31. The van der Waals surface area contributed by atoms with E-state index in [4.69, 9.17) is 9.59 Å². The van der Waals surface area contributed by atoms with E-state index in [1.54, 1.807) is 0 Å². The molecule has 0 unspecified atom stereocenters. The van der Waals surface area contributed by atoms with Gasteiger partial charge in [0.2, 0.25) is 0 Å². The summed E-state index contributed by atoms with van der Waals surface area (Å²) in [6, 6.07) is 58.7. The van der Waals surface area contributed by atoms with Gasteiger partial charge in [0, 0.05) is 51.5 Å². The summed E-state index contributed by atoms with van der Waals surface area (Å²) >= 11 is 0. The Morgan fingerprint density at radius 2 is 0.899 bits per heavy atom. The van der Waals surface area contributed by atoms with E-state index in [1.807, 2.05) is 80.8 Å². The van der Waals surface area contributed by atoms with E-state index in [9.17, 15) is 5.11 Å². The number of rotatable bonds is 7. The molecule has 2 aliphatic rings. The molecule has 0 radical (unpaired) electrons. The van der Waals surface area contributed by atoms with E-state index in [0.717, 1.165) is 57.0 Å². The van der Waals surface area contributed by atoms with Crippen LogP contribution >= 0.6 is 0 Å². The van der Waals surface area contributed by atoms with Gasteiger partial charge in [-0.2, -0.15) is 9.59 Å². The van der Waals surface area contributed by atoms with Crippen LogP contribution in [0.1, 0.15) is 74.9 Å². The van der Waals surface area contributed by atoms with Crippen LogP contribution in [0.25, 0.3) is 0 Å². The number of hydrogen-bond donors (Lipinski definition) is 3. The van der Waals surface area contributed by atoms with E-state index in [-0.39, 0.29) is 64.4 Å². The van der Waals surface area contributed by atoms with Crippen LogP contribution in [0.3, 0.4) is 0 Å². The summed E-state index contributed by atoms with van der Waals surface area (Å²) in [7, 11) is 0. The van der Waals surface area contributed by atoms with Gasteiger partial charge in [-0.3, -0.25) is 9.80 Å². The molecule has 0 fully saturated rings. The molecule has 2 aliphatic heterocycles. The average molecular weight is 990 g/mol. The van der Waals surface area contributed by atoms with Crippen molar-refractivity contribution in [3.05, 3.63) is 223 Å². The molecule has 2 aromatic heterocycles. The quantitative estimate of drug-likeness (QED) is 0.106. The number of fused-ring (bicyclic) bond motifs is 4. The summed E-state index contributed by atoms with van der Waals surface area (Å²) < 4.78 is 0. The number of hydrogen-bond acceptors (Lipinski definition) is 9. The molecule has 346 valence electrons. The molecule has 9 nitrogen and oxygen atoms in total. The van der Waals surface area contributed by atoms with Crippen molar-refractivity contribution in [3.8, 4) is 0 Å². The Kier molecular flexibility index (Phi) is 17.2. The minimum atomic E-state index is -0.946. The van der Waals surface area contributed by atoms with Crippen LogP contribution in [0.5, 0.6) is 0 Å². The van der Waals surface area contributed by atoms with Gasteiger partial charge in [-0.15, -0.1) is 0 Å². The number of anilines is 10. The van der Waals surface area contributed by atoms with Gasteiger partial charge in [-0.1, -0.05) is 125 Å². The van der Waals surface area contributed by atoms with Crippen molar-refractivity contribution in [2.24, 2.45) is 0 Å². The predicted octanol–water partition coefficient (Wildman–Crippen LogP) is 10.9. The first-order chi connectivity index (χ1) is 31.7. The van der Waals surface area contributed by atoms with Crippen molar-refractivity contribution in [2.75, 3.05) is 20.4 Å². The van der Waals surface area contributed by atoms with Crippen molar-refractivity contribution in [3.63, 3.8) is 0 Å². The number of pyridine rings is 2. The van der Waals surface area contributed by atoms with Gasteiger partial charge >= 0.3 is 29.2 Å². The van der Waals surface area contributed by atoms with Crippen molar-refractivity contribution in [2.45, 2.75) is 64.9 Å². The minimum Gasteiger partial charge on any atom is -1.00 e. The van der Waals surface area contributed by atoms with Crippen LogP contribution in [0.4, 0.5) is 57.1 Å². The molecular formula is C58H57BrMgN6O3. The zero-order valence-electron chi connectivity index (χ0n) is 40.5. The van der Waals surface area contributed by atoms with Crippen LogP contribution in [0.2, 0.25) is 0 Å². The van der Waals surface area contributed by atoms with Crippen molar-refractivity contribution < 1.29 is 31.7 Å². The molecule has 11 heteroatoms. The first kappa shape index (κ1) is 53.4. The van der Waals surface area contributed by atoms with Crippen molar-refractivity contribution >= 4 is 86.3 Å². The van der Waals surface area contributed by atoms with Crippen LogP contribution < -0.4 is 37.4 Å². The second-order valence-electron chi connectivity index (χ2n) is 18.0. The van der Waals surface area contributed by atoms with Crippen molar-refractivity contribution in [1.29, 1.82) is 0 Å². The molecule has 0 aliphatic carbocycles. The van der Waals surface area contributed by atoms with Crippen LogP contribution in [-0.4, -0.2) is 44.3 Å². The van der Waals surface area contributed by atoms with E-state index in [0.29, 0.717) is 0 Å². The van der Waals surface area contributed by atoms with Gasteiger partial charge < -0.3 is 40.1 Å². The molecule has 0 spiro atoms. The maximum Gasteiger partial charge on any atom is 2.00 e. The number of halogens is 1. The number of aryl methyl sites for hydroxylation is 1. The third-order valence-corrected chi connectivity index (χ3v) is 12.5. The fourth-order valence-electron chi connectivity index (χ4n) is 9.21. The number of aromatic nitrogens is 2. The molecular weight excluding hydrogens is 933 g/mol. The summed E-state index contributed by atoms with van der Waals surface area (Å²) in [4.78, 5) is 30.1. The predicted molar refractivity (Wildman–Crippen MR) is 279 cm³/mol. The summed E-state index contributed by atoms with van der Waals surface area (Å²) in [5.74, 6) is 1.81. The molecule has 0 saturated carbocycles. The van der Waals surface area contributed by atoms with Gasteiger partial charge in [-0.25, -0.2) is 9.97 Å². The Bertz CT molecular complexity index is 3040. The molecule has 8 aromatic rings. The number of para-hydroxylation sites is 4. The SMILES string of the molecule is CC(C)(O)c1ccccc1Nc1ccc2c(c1)N(c1ccccn1)c1ccccc1C2(C)C.Cc1ccccc1Nc1ccc2c(c1)N(c1ccccn1)c1ccccc1C2(C)C.O=C=O.[Br-].[CH3-].[Mg+2]. The molecule has 0 amide bonds. The normalized spacial score (nSPS) is 13.1. The summed E-state index contributed by atoms with van der Waals surface area (Å²) in [6.45, 7) is 14.9. The molecule has 3 N–H and O–H groups in total. The van der Waals surface area contributed by atoms with Gasteiger partial charge in [0.15, 0.2) is 0 Å². The third kappa shape index (κ3) is 10.8. The number of benzene rings is 6. The fraction of sp³-hybridized carbons (Fsp3) is 0.172. The van der Waals surface area contributed by atoms with E-state index < -0.39 is 5.60 Å². The monoisotopic (exact) mass is 988 g/mol. The van der Waals surface area contributed by atoms with Gasteiger partial charge in [0.1, 0.15) is 11.6 Å². The molecule has 6 aromatic carbocycles. The Morgan fingerprint density at radius 3 is 1.33 bits per heavy atom. The van der Waals surface area contributed by atoms with Crippen molar-refractivity contribution in [1.82, 2.24) is 9.97 Å². The van der Waals surface area contributed by atoms with E-state index in [1.165, 1.54) is 33.5 Å². The number of nitrogens with one attached hydrogen (secondary N) is 2. The Balaban J connectivity index is 0.000000235. The second kappa shape index (κ2) is 22.2. The van der Waals surface area contributed by atoms with E-state index in [2.05, 4.69) is 180 Å². The summed E-state index contributed by atoms with van der Waals surface area (Å²) in [5, 5.41) is 17.8. The number of aliphatic hydroxyl groups is 1. The number of carbonyl (C=O) groups excluding carboxylic acids is 2. The Morgan fingerprint density at radius 1 is 0.522 bits per heavy atom. The largest absolute Gasteiger partial charge is 2.00 e. The molecule has 4 heterocycles. The molecule has 10 rings (SSSR count). The Labute approximate surface area is 433 Å². The van der Waals surface area contributed by atoms with Gasteiger partial charge in [-0.05, 0) is 121 Å². The molecule has 0 atom stereocenters. The van der Waals surface area contributed by atoms with Gasteiger partial charge in [0.25, 0.3) is 0 Å². The number of nitrogens with zero attached hydrogens (tertiary/aromatic N) is 4. The van der Waals surface area contributed by atoms with Crippen LogP contribution in [-0.2, 0) is 26.0 Å². The smallest absolute Gasteiger partial charge is 1.00 e. The zero-order valence-corrected chi connectivity index (χ0v) is 43.5. The first-order valence-electron chi connectivity index (χ1n) is 22.0. The second-order valence-corrected chi connectivity index (χ2v) is 18.0. The van der Waals surface area contributed by atoms with E-state index >= 15 is 0 Å². The molecule has 0 saturated heterocycles. The maximum atomic E-state index is 10.7. The maximum absolute atomic E-state index is 10.7. The third-order valence-electron chi connectivity index (χ3n) is 12.5. The summed E-state index contributed by atoms with van der Waals surface area (Å²) in [6.07, 6.45) is 3.94. The minimum absolute atomic E-state index is 0.